The zero-order chi connectivity index (χ0) is 13.4. The second kappa shape index (κ2) is 8.08. The van der Waals surface area contributed by atoms with Crippen LogP contribution < -0.4 is 10.9 Å². The van der Waals surface area contributed by atoms with Crippen molar-refractivity contribution < 1.29 is 4.79 Å². The van der Waals surface area contributed by atoms with Gasteiger partial charge < -0.3 is 10.3 Å². The maximum atomic E-state index is 11.8. The highest BCUT2D eigenvalue weighted by molar-refractivity contribution is 9.09. The molecule has 1 atom stereocenters. The van der Waals surface area contributed by atoms with Crippen LogP contribution in [-0.2, 0) is 0 Å². The molecule has 0 saturated heterocycles. The Morgan fingerprint density at radius 3 is 2.83 bits per heavy atom. The molecule has 1 aromatic rings. The van der Waals surface area contributed by atoms with Crippen LogP contribution in [0, 0.1) is 5.92 Å². The monoisotopic (exact) mass is 314 g/mol. The highest BCUT2D eigenvalue weighted by Gasteiger charge is 2.10. The number of hydrogen-bond donors (Lipinski definition) is 2. The van der Waals surface area contributed by atoms with Crippen molar-refractivity contribution in [3.8, 4) is 0 Å². The number of amides is 1. The van der Waals surface area contributed by atoms with Crippen LogP contribution in [0.1, 0.15) is 36.7 Å². The van der Waals surface area contributed by atoms with Gasteiger partial charge in [0.1, 0.15) is 5.69 Å². The maximum Gasteiger partial charge on any atom is 0.267 e. The molecule has 1 amide bonds. The summed E-state index contributed by atoms with van der Waals surface area (Å²) in [5.41, 5.74) is 0.0600. The van der Waals surface area contributed by atoms with Gasteiger partial charge in [-0.1, -0.05) is 35.3 Å². The van der Waals surface area contributed by atoms with Crippen LogP contribution in [0.2, 0.25) is 0 Å². The molecule has 0 spiro atoms. The van der Waals surface area contributed by atoms with E-state index >= 15 is 0 Å². The normalized spacial score (nSPS) is 12.1. The average Bonchev–Trinajstić information content (AvgIpc) is 2.36. The number of nitrogens with one attached hydrogen (secondary N) is 2. The van der Waals surface area contributed by atoms with E-state index in [0.29, 0.717) is 18.2 Å². The minimum Gasteiger partial charge on any atom is -0.350 e. The number of aromatic nitrogens is 1. The van der Waals surface area contributed by atoms with Crippen LogP contribution in [0.4, 0.5) is 0 Å². The highest BCUT2D eigenvalue weighted by Crippen LogP contribution is 2.11. The lowest BCUT2D eigenvalue weighted by atomic mass is 10.0. The van der Waals surface area contributed by atoms with Crippen molar-refractivity contribution in [3.63, 3.8) is 0 Å². The first-order valence-corrected chi connectivity index (χ1v) is 7.33. The van der Waals surface area contributed by atoms with Crippen molar-refractivity contribution in [1.82, 2.24) is 10.3 Å². The minimum absolute atomic E-state index is 0.219. The number of halogens is 1. The molecule has 0 aliphatic carbocycles. The Kier molecular flexibility index (Phi) is 6.72. The van der Waals surface area contributed by atoms with Gasteiger partial charge in [0.2, 0.25) is 5.56 Å². The summed E-state index contributed by atoms with van der Waals surface area (Å²) < 4.78 is 0. The van der Waals surface area contributed by atoms with Crippen LogP contribution >= 0.6 is 15.9 Å². The Morgan fingerprint density at radius 2 is 2.22 bits per heavy atom. The highest BCUT2D eigenvalue weighted by atomic mass is 79.9. The Labute approximate surface area is 115 Å². The molecule has 0 aliphatic rings. The lowest BCUT2D eigenvalue weighted by molar-refractivity contribution is 0.0940. The van der Waals surface area contributed by atoms with Gasteiger partial charge in [-0.25, -0.2) is 0 Å². The third-order valence-corrected chi connectivity index (χ3v) is 3.24. The first-order chi connectivity index (χ1) is 8.67. The Hall–Kier alpha value is -1.10. The van der Waals surface area contributed by atoms with Crippen molar-refractivity contribution in [1.29, 1.82) is 0 Å². The van der Waals surface area contributed by atoms with Crippen molar-refractivity contribution in [2.75, 3.05) is 11.9 Å². The van der Waals surface area contributed by atoms with Gasteiger partial charge in [0, 0.05) is 17.9 Å². The largest absolute Gasteiger partial charge is 0.350 e. The van der Waals surface area contributed by atoms with Crippen LogP contribution in [0.15, 0.2) is 23.0 Å². The lowest BCUT2D eigenvalue weighted by Gasteiger charge is -2.15. The number of carbonyl (C=O) groups excluding carboxylic acids is 1. The van der Waals surface area contributed by atoms with Gasteiger partial charge in [0.25, 0.3) is 5.91 Å². The van der Waals surface area contributed by atoms with E-state index in [4.69, 9.17) is 0 Å². The zero-order valence-electron chi connectivity index (χ0n) is 10.5. The molecule has 5 heteroatoms. The number of pyridine rings is 1. The molecular formula is C13H19BrN2O2. The van der Waals surface area contributed by atoms with Crippen molar-refractivity contribution >= 4 is 21.8 Å². The number of hydrogen-bond acceptors (Lipinski definition) is 2. The van der Waals surface area contributed by atoms with E-state index in [0.717, 1.165) is 24.6 Å². The second-order valence-electron chi connectivity index (χ2n) is 4.27. The lowest BCUT2D eigenvalue weighted by Crippen LogP contribution is -2.31. The summed E-state index contributed by atoms with van der Waals surface area (Å²) in [6.07, 6.45) is 3.24. The number of carbonyl (C=O) groups is 1. The third-order valence-electron chi connectivity index (χ3n) is 2.78. The van der Waals surface area contributed by atoms with Gasteiger partial charge in [0.15, 0.2) is 0 Å². The minimum atomic E-state index is -0.256. The van der Waals surface area contributed by atoms with Gasteiger partial charge in [-0.15, -0.1) is 0 Å². The molecule has 1 rings (SSSR count). The molecule has 1 aromatic heterocycles. The van der Waals surface area contributed by atoms with E-state index in [1.165, 1.54) is 6.07 Å². The zero-order valence-corrected chi connectivity index (χ0v) is 12.1. The molecule has 0 radical (unpaired) electrons. The van der Waals surface area contributed by atoms with Gasteiger partial charge in [-0.05, 0) is 24.8 Å². The maximum absolute atomic E-state index is 11.8. The van der Waals surface area contributed by atoms with Crippen molar-refractivity contribution in [3.05, 3.63) is 34.2 Å². The number of alkyl halides is 1. The van der Waals surface area contributed by atoms with Crippen LogP contribution in [-0.4, -0.2) is 22.8 Å². The van der Waals surface area contributed by atoms with E-state index in [-0.39, 0.29) is 11.5 Å². The molecule has 2 N–H and O–H groups in total. The summed E-state index contributed by atoms with van der Waals surface area (Å²) in [6.45, 7) is 2.78. The molecule has 4 nitrogen and oxygen atoms in total. The summed E-state index contributed by atoms with van der Waals surface area (Å²) in [7, 11) is 0. The Balaban J connectivity index is 2.51. The van der Waals surface area contributed by atoms with E-state index in [9.17, 15) is 9.59 Å². The molecule has 100 valence electrons. The second-order valence-corrected chi connectivity index (χ2v) is 5.06. The predicted octanol–water partition coefficient (Wildman–Crippen LogP) is 2.31. The fraction of sp³-hybridized carbons (Fsp3) is 0.538. The van der Waals surface area contributed by atoms with Crippen LogP contribution in [0.3, 0.4) is 0 Å². The first kappa shape index (κ1) is 15.0. The summed E-state index contributed by atoms with van der Waals surface area (Å²) in [5.74, 6) is 0.261. The van der Waals surface area contributed by atoms with Gasteiger partial charge in [0.05, 0.1) is 0 Å². The quantitative estimate of drug-likeness (QED) is 0.759. The van der Waals surface area contributed by atoms with Gasteiger partial charge in [-0.3, -0.25) is 9.59 Å². The topological polar surface area (TPSA) is 62.0 Å². The molecular weight excluding hydrogens is 296 g/mol. The van der Waals surface area contributed by atoms with E-state index in [1.807, 2.05) is 0 Å². The third kappa shape index (κ3) is 5.04. The number of aromatic amines is 1. The fourth-order valence-corrected chi connectivity index (χ4v) is 2.47. The summed E-state index contributed by atoms with van der Waals surface area (Å²) in [4.78, 5) is 25.4. The predicted molar refractivity (Wildman–Crippen MR) is 76.2 cm³/mol. The summed E-state index contributed by atoms with van der Waals surface area (Å²) in [5, 5.41) is 3.81. The molecule has 0 aliphatic heterocycles. The van der Waals surface area contributed by atoms with Gasteiger partial charge in [-0.2, -0.15) is 0 Å². The average molecular weight is 315 g/mol. The van der Waals surface area contributed by atoms with Crippen molar-refractivity contribution in [2.45, 2.75) is 26.2 Å². The number of rotatable bonds is 7. The van der Waals surface area contributed by atoms with E-state index in [1.54, 1.807) is 12.1 Å². The molecule has 0 aromatic carbocycles. The molecule has 0 saturated carbocycles. The van der Waals surface area contributed by atoms with E-state index in [2.05, 4.69) is 33.2 Å². The summed E-state index contributed by atoms with van der Waals surface area (Å²) >= 11 is 3.42. The molecule has 1 heterocycles. The molecule has 0 fully saturated rings. The Bertz CT molecular complexity index is 425. The molecule has 1 unspecified atom stereocenters. The van der Waals surface area contributed by atoms with Crippen LogP contribution in [0.5, 0.6) is 0 Å². The summed E-state index contributed by atoms with van der Waals surface area (Å²) in [6, 6.07) is 4.58. The molecule has 18 heavy (non-hydrogen) atoms. The fourth-order valence-electron chi connectivity index (χ4n) is 1.82. The molecule has 0 bridgehead atoms. The Morgan fingerprint density at radius 1 is 1.44 bits per heavy atom. The van der Waals surface area contributed by atoms with E-state index < -0.39 is 0 Å². The number of H-pyrrole nitrogens is 1. The SMILES string of the molecule is CCCC(CCBr)CNC(=O)c1cccc(=O)[nH]1. The smallest absolute Gasteiger partial charge is 0.267 e. The van der Waals surface area contributed by atoms with Gasteiger partial charge >= 0.3 is 0 Å². The van der Waals surface area contributed by atoms with Crippen LogP contribution in [0.25, 0.3) is 0 Å². The first-order valence-electron chi connectivity index (χ1n) is 6.20. The standard InChI is InChI=1S/C13H19BrN2O2/c1-2-4-10(7-8-14)9-15-13(18)11-5-3-6-12(17)16-11/h3,5-6,10H,2,4,7-9H2,1H3,(H,15,18)(H,16,17). The van der Waals surface area contributed by atoms with Crippen molar-refractivity contribution in [2.24, 2.45) is 5.92 Å².